The van der Waals surface area contributed by atoms with Gasteiger partial charge in [-0.2, -0.15) is 5.26 Å². The summed E-state index contributed by atoms with van der Waals surface area (Å²) in [5, 5.41) is 26.7. The summed E-state index contributed by atoms with van der Waals surface area (Å²) < 4.78 is 38.6. The Balaban J connectivity index is 3.02. The lowest BCUT2D eigenvalue weighted by Gasteiger charge is -2.18. The van der Waals surface area contributed by atoms with Gasteiger partial charge in [0.05, 0.1) is 17.0 Å². The number of nitriles is 1. The Bertz CT molecular complexity index is 679. The molecule has 9 heteroatoms. The van der Waals surface area contributed by atoms with Crippen molar-refractivity contribution in [1.82, 2.24) is 4.72 Å². The normalized spacial score (nSPS) is 14.3. The number of carboxylic acids is 1. The minimum Gasteiger partial charge on any atom is -0.479 e. The highest BCUT2D eigenvalue weighted by atomic mass is 32.2. The van der Waals surface area contributed by atoms with Gasteiger partial charge in [-0.05, 0) is 25.1 Å². The van der Waals surface area contributed by atoms with E-state index in [0.29, 0.717) is 0 Å². The van der Waals surface area contributed by atoms with Crippen LogP contribution < -0.4 is 4.72 Å². The van der Waals surface area contributed by atoms with Gasteiger partial charge in [0, 0.05) is 0 Å². The van der Waals surface area contributed by atoms with Crippen LogP contribution in [0.1, 0.15) is 12.5 Å². The van der Waals surface area contributed by atoms with Crippen molar-refractivity contribution in [2.45, 2.75) is 17.4 Å². The quantitative estimate of drug-likeness (QED) is 0.692. The topological polar surface area (TPSA) is 127 Å². The molecular formula is C11H11FN2O5S. The molecule has 1 atom stereocenters. The van der Waals surface area contributed by atoms with Crippen molar-refractivity contribution < 1.29 is 27.8 Å². The number of aliphatic hydroxyl groups is 1. The van der Waals surface area contributed by atoms with Crippen molar-refractivity contribution >= 4 is 16.0 Å². The highest BCUT2D eigenvalue weighted by Gasteiger charge is 2.31. The van der Waals surface area contributed by atoms with E-state index in [2.05, 4.69) is 0 Å². The third-order valence-corrected chi connectivity index (χ3v) is 3.83. The molecule has 0 fully saturated rings. The second-order valence-corrected chi connectivity index (χ2v) is 5.92. The summed E-state index contributed by atoms with van der Waals surface area (Å²) in [5.41, 5.74) is -2.75. The molecule has 0 spiro atoms. The van der Waals surface area contributed by atoms with Crippen molar-refractivity contribution in [3.8, 4) is 6.07 Å². The number of hydrogen-bond acceptors (Lipinski definition) is 5. The summed E-state index contributed by atoms with van der Waals surface area (Å²) in [6.07, 6.45) is 0. The second kappa shape index (κ2) is 5.54. The average Bonchev–Trinajstić information content (AvgIpc) is 2.37. The predicted octanol–water partition coefficient (Wildman–Crippen LogP) is -0.189. The second-order valence-electron chi connectivity index (χ2n) is 4.16. The molecule has 0 aliphatic heterocycles. The standard InChI is InChI=1S/C11H11FN2O5S/c1-11(17,10(15)16)6-14-20(18,19)8-2-3-9(12)7(4-8)5-13/h2-4,14,17H,6H2,1H3,(H,15,16). The third-order valence-electron chi connectivity index (χ3n) is 2.44. The van der Waals surface area contributed by atoms with E-state index in [0.717, 1.165) is 25.1 Å². The van der Waals surface area contributed by atoms with E-state index < -0.39 is 44.4 Å². The number of aliphatic carboxylic acids is 1. The van der Waals surface area contributed by atoms with Gasteiger partial charge in [-0.15, -0.1) is 0 Å². The van der Waals surface area contributed by atoms with E-state index in [9.17, 15) is 22.7 Å². The molecule has 3 N–H and O–H groups in total. The van der Waals surface area contributed by atoms with Crippen LogP contribution in [0.4, 0.5) is 4.39 Å². The Labute approximate surface area is 114 Å². The summed E-state index contributed by atoms with van der Waals surface area (Å²) in [4.78, 5) is 10.2. The fourth-order valence-corrected chi connectivity index (χ4v) is 2.31. The lowest BCUT2D eigenvalue weighted by atomic mass is 10.1. The van der Waals surface area contributed by atoms with Crippen molar-refractivity contribution in [3.05, 3.63) is 29.6 Å². The predicted molar refractivity (Wildman–Crippen MR) is 64.6 cm³/mol. The van der Waals surface area contributed by atoms with Gasteiger partial charge in [0.15, 0.2) is 5.60 Å². The Kier molecular flexibility index (Phi) is 4.44. The molecule has 1 aromatic carbocycles. The van der Waals surface area contributed by atoms with Crippen molar-refractivity contribution in [3.63, 3.8) is 0 Å². The number of rotatable bonds is 5. The maximum atomic E-state index is 13.1. The Morgan fingerprint density at radius 2 is 2.15 bits per heavy atom. The first-order chi connectivity index (χ1) is 9.10. The maximum Gasteiger partial charge on any atom is 0.336 e. The molecule has 0 aromatic heterocycles. The van der Waals surface area contributed by atoms with Crippen LogP contribution in [0, 0.1) is 17.1 Å². The van der Waals surface area contributed by atoms with Crippen molar-refractivity contribution in [2.75, 3.05) is 6.54 Å². The van der Waals surface area contributed by atoms with Crippen LogP contribution in [0.3, 0.4) is 0 Å². The molecule has 1 aromatic rings. The van der Waals surface area contributed by atoms with Gasteiger partial charge in [-0.1, -0.05) is 0 Å². The van der Waals surface area contributed by atoms with Gasteiger partial charge < -0.3 is 10.2 Å². The molecule has 1 unspecified atom stereocenters. The minimum atomic E-state index is -4.17. The molecule has 1 rings (SSSR count). The van der Waals surface area contributed by atoms with Gasteiger partial charge in [-0.3, -0.25) is 0 Å². The average molecular weight is 302 g/mol. The Hall–Kier alpha value is -2.02. The number of nitrogens with zero attached hydrogens (tertiary/aromatic N) is 1. The van der Waals surface area contributed by atoms with Crippen LogP contribution in [-0.4, -0.2) is 36.7 Å². The first-order valence-electron chi connectivity index (χ1n) is 5.25. The molecule has 0 saturated heterocycles. The maximum absolute atomic E-state index is 13.1. The van der Waals surface area contributed by atoms with Crippen molar-refractivity contribution in [2.24, 2.45) is 0 Å². The SMILES string of the molecule is CC(O)(CNS(=O)(=O)c1ccc(F)c(C#N)c1)C(=O)O. The number of hydrogen-bond donors (Lipinski definition) is 3. The number of carbonyl (C=O) groups is 1. The van der Waals surface area contributed by atoms with Gasteiger partial charge in [0.1, 0.15) is 11.9 Å². The molecule has 0 aliphatic rings. The fraction of sp³-hybridized carbons (Fsp3) is 0.273. The molecular weight excluding hydrogens is 291 g/mol. The fourth-order valence-electron chi connectivity index (χ4n) is 1.15. The van der Waals surface area contributed by atoms with E-state index in [4.69, 9.17) is 10.4 Å². The third kappa shape index (κ3) is 3.51. The molecule has 108 valence electrons. The largest absolute Gasteiger partial charge is 0.479 e. The lowest BCUT2D eigenvalue weighted by Crippen LogP contribution is -2.46. The van der Waals surface area contributed by atoms with E-state index in [1.807, 2.05) is 4.72 Å². The van der Waals surface area contributed by atoms with Gasteiger partial charge in [0.2, 0.25) is 10.0 Å². The van der Waals surface area contributed by atoms with E-state index >= 15 is 0 Å². The summed E-state index contributed by atoms with van der Waals surface area (Å²) in [5.74, 6) is -2.47. The van der Waals surface area contributed by atoms with Gasteiger partial charge in [-0.25, -0.2) is 22.3 Å². The number of carboxylic acid groups (broad SMARTS) is 1. The summed E-state index contributed by atoms with van der Waals surface area (Å²) in [6, 6.07) is 4.03. The van der Waals surface area contributed by atoms with E-state index in [1.54, 1.807) is 0 Å². The zero-order chi connectivity index (χ0) is 15.6. The molecule has 0 radical (unpaired) electrons. The van der Waals surface area contributed by atoms with Crippen LogP contribution in [-0.2, 0) is 14.8 Å². The van der Waals surface area contributed by atoms with Crippen LogP contribution in [0.2, 0.25) is 0 Å². The van der Waals surface area contributed by atoms with Crippen LogP contribution in [0.5, 0.6) is 0 Å². The monoisotopic (exact) mass is 302 g/mol. The Morgan fingerprint density at radius 3 is 2.65 bits per heavy atom. The molecule has 7 nitrogen and oxygen atoms in total. The Morgan fingerprint density at radius 1 is 1.55 bits per heavy atom. The van der Waals surface area contributed by atoms with Crippen LogP contribution in [0.15, 0.2) is 23.1 Å². The van der Waals surface area contributed by atoms with Gasteiger partial charge in [0.25, 0.3) is 0 Å². The summed E-state index contributed by atoms with van der Waals surface area (Å²) in [7, 11) is -4.17. The molecule has 0 aliphatic carbocycles. The number of benzene rings is 1. The lowest BCUT2D eigenvalue weighted by molar-refractivity contribution is -0.155. The molecule has 0 amide bonds. The number of sulfonamides is 1. The first kappa shape index (κ1) is 16.0. The molecule has 0 bridgehead atoms. The van der Waals surface area contributed by atoms with Gasteiger partial charge >= 0.3 is 5.97 Å². The van der Waals surface area contributed by atoms with Crippen LogP contribution in [0.25, 0.3) is 0 Å². The number of nitrogens with one attached hydrogen (secondary N) is 1. The molecule has 20 heavy (non-hydrogen) atoms. The zero-order valence-corrected chi connectivity index (χ0v) is 11.1. The summed E-state index contributed by atoms with van der Waals surface area (Å²) in [6.45, 7) is 0.146. The first-order valence-corrected chi connectivity index (χ1v) is 6.73. The highest BCUT2D eigenvalue weighted by molar-refractivity contribution is 7.89. The number of halogens is 1. The van der Waals surface area contributed by atoms with Crippen LogP contribution >= 0.6 is 0 Å². The van der Waals surface area contributed by atoms with Crippen molar-refractivity contribution in [1.29, 1.82) is 5.26 Å². The smallest absolute Gasteiger partial charge is 0.336 e. The van der Waals surface area contributed by atoms with E-state index in [1.165, 1.54) is 6.07 Å². The molecule has 0 saturated carbocycles. The van der Waals surface area contributed by atoms with E-state index in [-0.39, 0.29) is 0 Å². The minimum absolute atomic E-state index is 0.406. The molecule has 0 heterocycles. The summed E-state index contributed by atoms with van der Waals surface area (Å²) >= 11 is 0. The highest BCUT2D eigenvalue weighted by Crippen LogP contribution is 2.15. The zero-order valence-electron chi connectivity index (χ0n) is 10.3.